The Hall–Kier alpha value is -1.60. The molecule has 0 spiro atoms. The number of nitrogens with zero attached hydrogens (tertiary/aromatic N) is 4. The van der Waals surface area contributed by atoms with Crippen LogP contribution in [0.5, 0.6) is 0 Å². The van der Waals surface area contributed by atoms with Crippen LogP contribution in [0.25, 0.3) is 5.53 Å². The monoisotopic (exact) mass is 120 g/mol. The van der Waals surface area contributed by atoms with Gasteiger partial charge in [0.05, 0.1) is 0 Å². The first-order valence-electron chi connectivity index (χ1n) is 1.33. The molecule has 0 aliphatic heterocycles. The molecule has 0 heterocycles. The summed E-state index contributed by atoms with van der Waals surface area (Å²) in [6.07, 6.45) is 0. The van der Waals surface area contributed by atoms with Crippen molar-refractivity contribution in [1.29, 1.82) is 0 Å². The van der Waals surface area contributed by atoms with E-state index in [9.17, 15) is 20.2 Å². The van der Waals surface area contributed by atoms with Crippen LogP contribution in [0.1, 0.15) is 0 Å². The van der Waals surface area contributed by atoms with E-state index in [1.54, 1.807) is 0 Å². The predicted molar refractivity (Wildman–Crippen MR) is 17.6 cm³/mol. The van der Waals surface area contributed by atoms with Crippen molar-refractivity contribution >= 4 is 0 Å². The Kier molecular flexibility index (Phi) is 1.53. The molecule has 0 unspecified atom stereocenters. The molecule has 8 heteroatoms. The fourth-order valence-electron chi connectivity index (χ4n) is 0.0596. The molecule has 0 bridgehead atoms. The van der Waals surface area contributed by atoms with Gasteiger partial charge in [0.25, 0.3) is 0 Å². The summed E-state index contributed by atoms with van der Waals surface area (Å²) >= 11 is 0. The Balaban J connectivity index is 4.05. The molecule has 0 fully saturated rings. The van der Waals surface area contributed by atoms with Crippen LogP contribution in [0.2, 0.25) is 0 Å². The lowest BCUT2D eigenvalue weighted by molar-refractivity contribution is -1.37. The van der Waals surface area contributed by atoms with Crippen molar-refractivity contribution in [2.75, 3.05) is 0 Å². The first-order valence-corrected chi connectivity index (χ1v) is 1.33. The molecular formula is N4O4. The highest BCUT2D eigenvalue weighted by Crippen LogP contribution is 1.72. The van der Waals surface area contributed by atoms with Gasteiger partial charge in [0.15, 0.2) is 0 Å². The summed E-state index contributed by atoms with van der Waals surface area (Å²) in [5, 5.41) is 15.2. The number of hydrogen-bond acceptors (Lipinski definition) is 4. The van der Waals surface area contributed by atoms with Gasteiger partial charge in [-0.15, -0.1) is 0 Å². The van der Waals surface area contributed by atoms with E-state index >= 15 is 0 Å². The first kappa shape index (κ1) is 6.40. The van der Waals surface area contributed by atoms with Crippen LogP contribution in [0.4, 0.5) is 0 Å². The van der Waals surface area contributed by atoms with E-state index in [4.69, 9.17) is 5.53 Å². The van der Waals surface area contributed by atoms with Crippen LogP contribution in [-0.2, 0) is 0 Å². The maximum Gasteiger partial charge on any atom is 0.492 e. The summed E-state index contributed by atoms with van der Waals surface area (Å²) in [5.41, 5.74) is 7.64. The quantitative estimate of drug-likeness (QED) is 0.209. The average Bonchev–Trinajstić information content (AvgIpc) is 1.64. The summed E-state index contributed by atoms with van der Waals surface area (Å²) < 4.78 is 0. The SMILES string of the molecule is [N-]=[N+]([N+](=O)[O-])[N+](=O)[O-]. The third-order valence-electron chi connectivity index (χ3n) is 0.292. The topological polar surface area (TPSA) is 112 Å². The smallest absolute Gasteiger partial charge is 0.335 e. The normalized spacial score (nSPS) is 8.00. The summed E-state index contributed by atoms with van der Waals surface area (Å²) in [6, 6.07) is 0. The maximum atomic E-state index is 9.18. The van der Waals surface area contributed by atoms with E-state index < -0.39 is 15.0 Å². The second-order valence-corrected chi connectivity index (χ2v) is 0.744. The molecular weight excluding hydrogens is 120 g/mol. The van der Waals surface area contributed by atoms with Crippen LogP contribution < -0.4 is 0 Å². The minimum atomic E-state index is -1.57. The van der Waals surface area contributed by atoms with Crippen LogP contribution in [0.15, 0.2) is 0 Å². The van der Waals surface area contributed by atoms with Crippen molar-refractivity contribution in [2.45, 2.75) is 0 Å². The molecule has 0 atom stereocenters. The summed E-state index contributed by atoms with van der Waals surface area (Å²) in [5.74, 6) is 0. The standard InChI is InChI=1S/N4O4/c1-2(3(5)6)4(7)8. The van der Waals surface area contributed by atoms with Crippen molar-refractivity contribution in [3.05, 3.63) is 25.8 Å². The van der Waals surface area contributed by atoms with Gasteiger partial charge >= 0.3 is 10.4 Å². The average molecular weight is 120 g/mol. The number of rotatable bonds is 2. The van der Waals surface area contributed by atoms with Crippen molar-refractivity contribution in [2.24, 2.45) is 0 Å². The Bertz CT molecular complexity index is 130. The molecule has 0 aromatic rings. The highest BCUT2D eigenvalue weighted by atomic mass is 16.8. The van der Waals surface area contributed by atoms with E-state index in [-0.39, 0.29) is 0 Å². The van der Waals surface area contributed by atoms with Gasteiger partial charge in [-0.2, -0.15) is 0 Å². The summed E-state index contributed by atoms with van der Waals surface area (Å²) in [6.45, 7) is 0. The van der Waals surface area contributed by atoms with Gasteiger partial charge in [0.2, 0.25) is 10.1 Å². The second-order valence-electron chi connectivity index (χ2n) is 0.744. The van der Waals surface area contributed by atoms with Gasteiger partial charge in [0.1, 0.15) is 0 Å². The first-order chi connectivity index (χ1) is 3.55. The van der Waals surface area contributed by atoms with Crippen molar-refractivity contribution < 1.29 is 15.0 Å². The predicted octanol–water partition coefficient (Wildman–Crippen LogP) is -0.596. The molecule has 0 radical (unpaired) electrons. The molecule has 0 aliphatic carbocycles. The van der Waals surface area contributed by atoms with Gasteiger partial charge in [-0.25, -0.2) is 0 Å². The number of hydrogen-bond donors (Lipinski definition) is 0. The minimum Gasteiger partial charge on any atom is -0.335 e. The zero-order valence-corrected chi connectivity index (χ0v) is 3.42. The summed E-state index contributed by atoms with van der Waals surface area (Å²) in [7, 11) is 0. The van der Waals surface area contributed by atoms with Gasteiger partial charge in [-0.05, 0) is 0 Å². The van der Waals surface area contributed by atoms with Gasteiger partial charge < -0.3 is 20.2 Å². The molecule has 0 N–H and O–H groups in total. The van der Waals surface area contributed by atoms with Crippen molar-refractivity contribution in [3.63, 3.8) is 0 Å². The lowest BCUT2D eigenvalue weighted by Gasteiger charge is -1.80. The molecule has 0 rings (SSSR count). The van der Waals surface area contributed by atoms with Gasteiger partial charge in [-0.3, -0.25) is 0 Å². The van der Waals surface area contributed by atoms with E-state index in [2.05, 4.69) is 0 Å². The van der Waals surface area contributed by atoms with E-state index in [0.29, 0.717) is 0 Å². The molecule has 8 heavy (non-hydrogen) atoms. The van der Waals surface area contributed by atoms with E-state index in [0.717, 1.165) is 0 Å². The largest absolute Gasteiger partial charge is 0.492 e. The zero-order chi connectivity index (χ0) is 6.73. The lowest BCUT2D eigenvalue weighted by atomic mass is 12.3. The fraction of sp³-hybridized carbons (Fsp3) is 0. The van der Waals surface area contributed by atoms with Crippen LogP contribution >= 0.6 is 0 Å². The Morgan fingerprint density at radius 3 is 1.38 bits per heavy atom. The fourth-order valence-corrected chi connectivity index (χ4v) is 0.0596. The third-order valence-corrected chi connectivity index (χ3v) is 0.292. The van der Waals surface area contributed by atoms with Gasteiger partial charge in [0, 0.05) is 0 Å². The number of hydrazine groups is 2. The zero-order valence-electron chi connectivity index (χ0n) is 3.42. The van der Waals surface area contributed by atoms with Gasteiger partial charge in [-0.1, -0.05) is 0 Å². The van der Waals surface area contributed by atoms with E-state index in [1.165, 1.54) is 0 Å². The second kappa shape index (κ2) is 1.91. The Labute approximate surface area is 42.1 Å². The number of nitro groups is 2. The third kappa shape index (κ3) is 1.24. The maximum absolute atomic E-state index is 9.18. The molecule has 8 nitrogen and oxygen atoms in total. The Morgan fingerprint density at radius 1 is 1.12 bits per heavy atom. The van der Waals surface area contributed by atoms with E-state index in [1.807, 2.05) is 0 Å². The van der Waals surface area contributed by atoms with Crippen LogP contribution in [-0.4, -0.2) is 15.0 Å². The van der Waals surface area contributed by atoms with Crippen molar-refractivity contribution in [3.8, 4) is 0 Å². The lowest BCUT2D eigenvalue weighted by Crippen LogP contribution is -2.21. The molecule has 0 aromatic heterocycles. The Morgan fingerprint density at radius 2 is 1.38 bits per heavy atom. The minimum absolute atomic E-state index is 1.22. The van der Waals surface area contributed by atoms with Crippen LogP contribution in [0, 0.1) is 20.2 Å². The molecule has 0 saturated heterocycles. The molecule has 0 aliphatic rings. The molecule has 0 saturated carbocycles. The highest BCUT2D eigenvalue weighted by Gasteiger charge is 2.18. The van der Waals surface area contributed by atoms with Crippen LogP contribution in [0.3, 0.4) is 0 Å². The molecule has 44 valence electrons. The summed E-state index contributed by atoms with van der Waals surface area (Å²) in [4.78, 5) is 17.1. The highest BCUT2D eigenvalue weighted by molar-refractivity contribution is 3.89. The molecule has 0 amide bonds. The molecule has 0 aromatic carbocycles. The van der Waals surface area contributed by atoms with Crippen molar-refractivity contribution in [1.82, 2.24) is 0 Å².